The topological polar surface area (TPSA) is 12.0 Å². The van der Waals surface area contributed by atoms with Crippen LogP contribution in [0.3, 0.4) is 0 Å². The molecule has 1 aliphatic heterocycles. The number of hydrogen-bond acceptors (Lipinski definition) is 1. The molecule has 0 radical (unpaired) electrons. The van der Waals surface area contributed by atoms with Gasteiger partial charge < -0.3 is 5.32 Å². The van der Waals surface area contributed by atoms with Gasteiger partial charge in [-0.05, 0) is 29.7 Å². The smallest absolute Gasteiger partial charge is 0.0339 e. The van der Waals surface area contributed by atoms with Crippen molar-refractivity contribution < 1.29 is 0 Å². The number of allylic oxidation sites excluding steroid dienone is 4. The van der Waals surface area contributed by atoms with Crippen molar-refractivity contribution in [1.82, 2.24) is 5.32 Å². The summed E-state index contributed by atoms with van der Waals surface area (Å²) in [7, 11) is 0. The van der Waals surface area contributed by atoms with Gasteiger partial charge in [0.15, 0.2) is 0 Å². The second-order valence-electron chi connectivity index (χ2n) is 5.13. The van der Waals surface area contributed by atoms with E-state index < -0.39 is 0 Å². The molecule has 1 heterocycles. The van der Waals surface area contributed by atoms with Gasteiger partial charge in [-0.2, -0.15) is 0 Å². The average molecular weight is 273 g/mol. The first-order valence-corrected chi connectivity index (χ1v) is 7.33. The Bertz CT molecular complexity index is 611. The minimum absolute atomic E-state index is 0.390. The molecule has 1 heteroatoms. The van der Waals surface area contributed by atoms with Crippen LogP contribution >= 0.6 is 0 Å². The minimum Gasteiger partial charge on any atom is -0.362 e. The Morgan fingerprint density at radius 2 is 1.43 bits per heavy atom. The van der Waals surface area contributed by atoms with Gasteiger partial charge >= 0.3 is 0 Å². The zero-order chi connectivity index (χ0) is 14.3. The third-order valence-corrected chi connectivity index (χ3v) is 3.71. The Kier molecular flexibility index (Phi) is 4.33. The predicted molar refractivity (Wildman–Crippen MR) is 88.8 cm³/mol. The third kappa shape index (κ3) is 3.51. The molecular weight excluding hydrogens is 254 g/mol. The van der Waals surface area contributed by atoms with Crippen LogP contribution in [0.2, 0.25) is 0 Å². The molecule has 0 spiro atoms. The van der Waals surface area contributed by atoms with Gasteiger partial charge in [0.25, 0.3) is 0 Å². The highest BCUT2D eigenvalue weighted by Crippen LogP contribution is 2.28. The molecule has 0 unspecified atom stereocenters. The van der Waals surface area contributed by atoms with Gasteiger partial charge in [-0.15, -0.1) is 0 Å². The summed E-state index contributed by atoms with van der Waals surface area (Å²) >= 11 is 0. The first-order valence-electron chi connectivity index (χ1n) is 7.33. The van der Waals surface area contributed by atoms with Crippen molar-refractivity contribution in [2.45, 2.75) is 12.3 Å². The molecule has 0 saturated heterocycles. The fourth-order valence-electron chi connectivity index (χ4n) is 2.61. The van der Waals surface area contributed by atoms with Crippen molar-refractivity contribution in [3.8, 4) is 0 Å². The van der Waals surface area contributed by atoms with E-state index in [-0.39, 0.29) is 0 Å². The third-order valence-electron chi connectivity index (χ3n) is 3.71. The molecule has 0 atom stereocenters. The van der Waals surface area contributed by atoms with E-state index in [0.29, 0.717) is 5.92 Å². The van der Waals surface area contributed by atoms with Gasteiger partial charge in [0.2, 0.25) is 0 Å². The minimum atomic E-state index is 0.390. The van der Waals surface area contributed by atoms with Crippen LogP contribution in [-0.2, 0) is 0 Å². The lowest BCUT2D eigenvalue weighted by atomic mass is 9.88. The summed E-state index contributed by atoms with van der Waals surface area (Å²) in [5.41, 5.74) is 3.88. The number of dihydropyridines is 1. The molecule has 0 saturated carbocycles. The molecule has 3 rings (SSSR count). The van der Waals surface area contributed by atoms with Crippen LogP contribution < -0.4 is 5.32 Å². The highest BCUT2D eigenvalue weighted by atomic mass is 14.8. The summed E-state index contributed by atoms with van der Waals surface area (Å²) in [6.45, 7) is 0. The van der Waals surface area contributed by atoms with E-state index in [9.17, 15) is 0 Å². The fourth-order valence-corrected chi connectivity index (χ4v) is 2.61. The zero-order valence-corrected chi connectivity index (χ0v) is 11.9. The molecule has 1 nitrogen and oxygen atoms in total. The van der Waals surface area contributed by atoms with E-state index in [4.69, 9.17) is 0 Å². The summed E-state index contributed by atoms with van der Waals surface area (Å²) in [5, 5.41) is 3.27. The van der Waals surface area contributed by atoms with Crippen molar-refractivity contribution in [3.63, 3.8) is 0 Å². The van der Waals surface area contributed by atoms with Crippen molar-refractivity contribution in [3.05, 3.63) is 108 Å². The quantitative estimate of drug-likeness (QED) is 0.846. The SMILES string of the molecule is C1=CN/C(=C/CC(c2ccccc2)c2ccccc2)C=C1. The number of benzene rings is 2. The van der Waals surface area contributed by atoms with Crippen LogP contribution in [0.25, 0.3) is 0 Å². The number of nitrogens with one attached hydrogen (secondary N) is 1. The van der Waals surface area contributed by atoms with E-state index in [0.717, 1.165) is 12.1 Å². The van der Waals surface area contributed by atoms with Crippen molar-refractivity contribution >= 4 is 0 Å². The van der Waals surface area contributed by atoms with Crippen LogP contribution in [0.15, 0.2) is 96.9 Å². The monoisotopic (exact) mass is 273 g/mol. The van der Waals surface area contributed by atoms with Crippen LogP contribution in [0, 0.1) is 0 Å². The molecule has 2 aromatic carbocycles. The molecule has 0 aliphatic carbocycles. The molecule has 1 N–H and O–H groups in total. The maximum atomic E-state index is 3.27. The largest absolute Gasteiger partial charge is 0.362 e. The lowest BCUT2D eigenvalue weighted by molar-refractivity contribution is 0.820. The van der Waals surface area contributed by atoms with Gasteiger partial charge in [-0.1, -0.05) is 72.8 Å². The maximum absolute atomic E-state index is 3.27. The van der Waals surface area contributed by atoms with Gasteiger partial charge in [0, 0.05) is 17.8 Å². The maximum Gasteiger partial charge on any atom is 0.0339 e. The van der Waals surface area contributed by atoms with Gasteiger partial charge in [-0.3, -0.25) is 0 Å². The number of rotatable bonds is 4. The Labute approximate surface area is 126 Å². The molecule has 0 fully saturated rings. The molecule has 0 aromatic heterocycles. The lowest BCUT2D eigenvalue weighted by Gasteiger charge is -2.17. The van der Waals surface area contributed by atoms with Gasteiger partial charge in [0.1, 0.15) is 0 Å². The summed E-state index contributed by atoms with van der Waals surface area (Å²) < 4.78 is 0. The molecule has 21 heavy (non-hydrogen) atoms. The van der Waals surface area contributed by atoms with Crippen LogP contribution in [0.4, 0.5) is 0 Å². The van der Waals surface area contributed by atoms with Crippen molar-refractivity contribution in [2.75, 3.05) is 0 Å². The molecule has 2 aromatic rings. The second-order valence-corrected chi connectivity index (χ2v) is 5.13. The van der Waals surface area contributed by atoms with Crippen molar-refractivity contribution in [2.24, 2.45) is 0 Å². The molecule has 1 aliphatic rings. The van der Waals surface area contributed by atoms with Crippen LogP contribution in [-0.4, -0.2) is 0 Å². The van der Waals surface area contributed by atoms with Crippen LogP contribution in [0.5, 0.6) is 0 Å². The number of hydrogen-bond donors (Lipinski definition) is 1. The summed E-state index contributed by atoms with van der Waals surface area (Å²) in [4.78, 5) is 0. The van der Waals surface area contributed by atoms with E-state index >= 15 is 0 Å². The van der Waals surface area contributed by atoms with E-state index in [1.54, 1.807) is 0 Å². The Balaban J connectivity index is 1.86. The normalized spacial score (nSPS) is 15.4. The van der Waals surface area contributed by atoms with E-state index in [1.165, 1.54) is 11.1 Å². The van der Waals surface area contributed by atoms with Crippen molar-refractivity contribution in [1.29, 1.82) is 0 Å². The molecule has 0 bridgehead atoms. The zero-order valence-electron chi connectivity index (χ0n) is 11.9. The fraction of sp³-hybridized carbons (Fsp3) is 0.100. The predicted octanol–water partition coefficient (Wildman–Crippen LogP) is 4.77. The second kappa shape index (κ2) is 6.76. The Morgan fingerprint density at radius 3 is 1.95 bits per heavy atom. The van der Waals surface area contributed by atoms with Gasteiger partial charge in [-0.25, -0.2) is 0 Å². The van der Waals surface area contributed by atoms with Gasteiger partial charge in [0.05, 0.1) is 0 Å². The average Bonchev–Trinajstić information content (AvgIpc) is 2.58. The standard InChI is InChI=1S/C20H19N/c1-3-9-17(10-4-1)20(18-11-5-2-6-12-18)15-14-19-13-7-8-16-21-19/h1-14,16,20-21H,15H2/b19-14+. The van der Waals surface area contributed by atoms with E-state index in [2.05, 4.69) is 84.2 Å². The highest BCUT2D eigenvalue weighted by Gasteiger charge is 2.12. The molecule has 104 valence electrons. The Morgan fingerprint density at radius 1 is 0.810 bits per heavy atom. The van der Waals surface area contributed by atoms with Crippen LogP contribution in [0.1, 0.15) is 23.5 Å². The first-order chi connectivity index (χ1) is 10.4. The van der Waals surface area contributed by atoms with E-state index in [1.807, 2.05) is 12.3 Å². The Hall–Kier alpha value is -2.54. The first kappa shape index (κ1) is 13.4. The lowest BCUT2D eigenvalue weighted by Crippen LogP contribution is -2.06. The summed E-state index contributed by atoms with van der Waals surface area (Å²) in [5.74, 6) is 0.390. The highest BCUT2D eigenvalue weighted by molar-refractivity contribution is 5.34. The molecular formula is C20H19N. The summed E-state index contributed by atoms with van der Waals surface area (Å²) in [6, 6.07) is 21.4. The summed E-state index contributed by atoms with van der Waals surface area (Å²) in [6.07, 6.45) is 11.4. The molecule has 0 amide bonds.